The summed E-state index contributed by atoms with van der Waals surface area (Å²) in [5, 5.41) is 6.88. The zero-order valence-corrected chi connectivity index (χ0v) is 11.9. The summed E-state index contributed by atoms with van der Waals surface area (Å²) in [5.74, 6) is -0.187. The van der Waals surface area contributed by atoms with Crippen LogP contribution in [0.4, 0.5) is 5.69 Å². The first-order chi connectivity index (χ1) is 8.99. The molecule has 0 saturated carbocycles. The number of para-hydroxylation sites is 1. The summed E-state index contributed by atoms with van der Waals surface area (Å²) in [6, 6.07) is 9.27. The van der Waals surface area contributed by atoms with E-state index in [0.29, 0.717) is 5.69 Å². The molecule has 0 aliphatic carbocycles. The number of alkyl halides is 1. The molecular formula is C14H16ClN3O. The maximum Gasteiger partial charge on any atom is 0.273 e. The molecule has 0 radical (unpaired) electrons. The minimum atomic E-state index is -0.187. The smallest absolute Gasteiger partial charge is 0.273 e. The lowest BCUT2D eigenvalue weighted by atomic mass is 10.1. The Hall–Kier alpha value is -1.81. The Balaban J connectivity index is 2.27. The number of rotatable bonds is 3. The number of carbonyl (C=O) groups excluding carboxylic acids is 1. The molecule has 2 rings (SSSR count). The Labute approximate surface area is 117 Å². The number of nitrogens with zero attached hydrogens (tertiary/aromatic N) is 2. The molecule has 0 aliphatic heterocycles. The van der Waals surface area contributed by atoms with Crippen LogP contribution >= 0.6 is 11.6 Å². The van der Waals surface area contributed by atoms with Gasteiger partial charge in [-0.3, -0.25) is 9.48 Å². The fraction of sp³-hybridized carbons (Fsp3) is 0.286. The summed E-state index contributed by atoms with van der Waals surface area (Å²) in [7, 11) is 1.75. The van der Waals surface area contributed by atoms with Gasteiger partial charge in [-0.25, -0.2) is 0 Å². The maximum absolute atomic E-state index is 12.2. The highest BCUT2D eigenvalue weighted by molar-refractivity contribution is 6.21. The topological polar surface area (TPSA) is 46.9 Å². The number of hydrogen-bond acceptors (Lipinski definition) is 2. The number of aryl methyl sites for hydroxylation is 2. The SMILES string of the molecule is Cc1cc(C(=O)Nc2ccccc2C(C)Cl)n(C)n1. The van der Waals surface area contributed by atoms with E-state index in [0.717, 1.165) is 16.9 Å². The molecule has 0 fully saturated rings. The fourth-order valence-electron chi connectivity index (χ4n) is 1.97. The summed E-state index contributed by atoms with van der Waals surface area (Å²) in [5.41, 5.74) is 2.96. The average Bonchev–Trinajstić information content (AvgIpc) is 2.69. The number of anilines is 1. The third kappa shape index (κ3) is 2.96. The van der Waals surface area contributed by atoms with E-state index in [1.165, 1.54) is 0 Å². The number of halogens is 1. The summed E-state index contributed by atoms with van der Waals surface area (Å²) >= 11 is 6.10. The summed E-state index contributed by atoms with van der Waals surface area (Å²) < 4.78 is 1.57. The monoisotopic (exact) mass is 277 g/mol. The highest BCUT2D eigenvalue weighted by atomic mass is 35.5. The first-order valence-electron chi connectivity index (χ1n) is 6.04. The van der Waals surface area contributed by atoms with Crippen molar-refractivity contribution in [2.75, 3.05) is 5.32 Å². The van der Waals surface area contributed by atoms with Crippen molar-refractivity contribution >= 4 is 23.2 Å². The van der Waals surface area contributed by atoms with Gasteiger partial charge in [0.2, 0.25) is 0 Å². The lowest BCUT2D eigenvalue weighted by Gasteiger charge is -2.12. The van der Waals surface area contributed by atoms with Gasteiger partial charge >= 0.3 is 0 Å². The van der Waals surface area contributed by atoms with Gasteiger partial charge in [0, 0.05) is 12.7 Å². The van der Waals surface area contributed by atoms with Gasteiger partial charge in [0.05, 0.1) is 11.1 Å². The Bertz CT molecular complexity index is 604. The van der Waals surface area contributed by atoms with Gasteiger partial charge in [0.15, 0.2) is 0 Å². The lowest BCUT2D eigenvalue weighted by molar-refractivity contribution is 0.101. The van der Waals surface area contributed by atoms with Gasteiger partial charge in [-0.1, -0.05) is 18.2 Å². The third-order valence-electron chi connectivity index (χ3n) is 2.87. The Morgan fingerprint density at radius 2 is 2.11 bits per heavy atom. The molecule has 1 atom stereocenters. The third-order valence-corrected chi connectivity index (χ3v) is 3.11. The number of benzene rings is 1. The van der Waals surface area contributed by atoms with Gasteiger partial charge in [0.25, 0.3) is 5.91 Å². The van der Waals surface area contributed by atoms with Crippen molar-refractivity contribution < 1.29 is 4.79 Å². The first kappa shape index (κ1) is 13.6. The molecule has 0 saturated heterocycles. The van der Waals surface area contributed by atoms with Crippen LogP contribution in [0.25, 0.3) is 0 Å². The Morgan fingerprint density at radius 1 is 1.42 bits per heavy atom. The normalized spacial score (nSPS) is 12.2. The summed E-state index contributed by atoms with van der Waals surface area (Å²) in [4.78, 5) is 12.2. The number of carbonyl (C=O) groups is 1. The van der Waals surface area contributed by atoms with Crippen LogP contribution in [0.3, 0.4) is 0 Å². The standard InChI is InChI=1S/C14H16ClN3O/c1-9-8-13(18(3)17-9)14(19)16-12-7-5-4-6-11(12)10(2)15/h4-8,10H,1-3H3,(H,16,19). The van der Waals surface area contributed by atoms with E-state index < -0.39 is 0 Å². The van der Waals surface area contributed by atoms with E-state index in [1.54, 1.807) is 17.8 Å². The molecule has 2 aromatic rings. The van der Waals surface area contributed by atoms with Crippen LogP contribution in [0.1, 0.15) is 34.0 Å². The van der Waals surface area contributed by atoms with Crippen molar-refractivity contribution in [2.45, 2.75) is 19.2 Å². The van der Waals surface area contributed by atoms with Crippen molar-refractivity contribution in [3.05, 3.63) is 47.3 Å². The van der Waals surface area contributed by atoms with Crippen LogP contribution in [0.2, 0.25) is 0 Å². The predicted octanol–water partition coefficient (Wildman–Crippen LogP) is 3.28. The molecular weight excluding hydrogens is 262 g/mol. The highest BCUT2D eigenvalue weighted by Crippen LogP contribution is 2.27. The largest absolute Gasteiger partial charge is 0.320 e. The van der Waals surface area contributed by atoms with E-state index in [4.69, 9.17) is 11.6 Å². The second-order valence-corrected chi connectivity index (χ2v) is 5.11. The van der Waals surface area contributed by atoms with Crippen LogP contribution in [0.5, 0.6) is 0 Å². The summed E-state index contributed by atoms with van der Waals surface area (Å²) in [6.45, 7) is 3.73. The molecule has 5 heteroatoms. The number of nitrogens with one attached hydrogen (secondary N) is 1. The number of hydrogen-bond donors (Lipinski definition) is 1. The minimum Gasteiger partial charge on any atom is -0.320 e. The van der Waals surface area contributed by atoms with Gasteiger partial charge in [0.1, 0.15) is 5.69 Å². The van der Waals surface area contributed by atoms with Crippen molar-refractivity contribution in [3.63, 3.8) is 0 Å². The molecule has 1 aromatic carbocycles. The van der Waals surface area contributed by atoms with Gasteiger partial charge in [-0.15, -0.1) is 11.6 Å². The van der Waals surface area contributed by atoms with Crippen LogP contribution in [0.15, 0.2) is 30.3 Å². The van der Waals surface area contributed by atoms with Gasteiger partial charge in [-0.2, -0.15) is 5.10 Å². The molecule has 4 nitrogen and oxygen atoms in total. The molecule has 0 aliphatic rings. The number of aromatic nitrogens is 2. The lowest BCUT2D eigenvalue weighted by Crippen LogP contribution is -2.17. The Morgan fingerprint density at radius 3 is 2.68 bits per heavy atom. The molecule has 0 bridgehead atoms. The van der Waals surface area contributed by atoms with Crippen LogP contribution in [0, 0.1) is 6.92 Å². The van der Waals surface area contributed by atoms with Crippen molar-refractivity contribution in [1.82, 2.24) is 9.78 Å². The average molecular weight is 278 g/mol. The zero-order valence-electron chi connectivity index (χ0n) is 11.1. The van der Waals surface area contributed by atoms with E-state index in [-0.39, 0.29) is 11.3 Å². The van der Waals surface area contributed by atoms with Crippen molar-refractivity contribution in [2.24, 2.45) is 7.05 Å². The molecule has 1 unspecified atom stereocenters. The minimum absolute atomic E-state index is 0.162. The quantitative estimate of drug-likeness (QED) is 0.875. The zero-order chi connectivity index (χ0) is 14.0. The second-order valence-electron chi connectivity index (χ2n) is 4.45. The predicted molar refractivity (Wildman–Crippen MR) is 76.6 cm³/mol. The van der Waals surface area contributed by atoms with E-state index in [1.807, 2.05) is 38.1 Å². The van der Waals surface area contributed by atoms with Gasteiger partial charge in [-0.05, 0) is 31.5 Å². The van der Waals surface area contributed by atoms with E-state index in [9.17, 15) is 4.79 Å². The molecule has 1 aromatic heterocycles. The molecule has 1 N–H and O–H groups in total. The Kier molecular flexibility index (Phi) is 3.90. The molecule has 100 valence electrons. The first-order valence-corrected chi connectivity index (χ1v) is 6.47. The van der Waals surface area contributed by atoms with Crippen LogP contribution in [-0.4, -0.2) is 15.7 Å². The molecule has 19 heavy (non-hydrogen) atoms. The molecule has 0 spiro atoms. The van der Waals surface area contributed by atoms with E-state index >= 15 is 0 Å². The molecule has 1 heterocycles. The van der Waals surface area contributed by atoms with Crippen molar-refractivity contribution in [3.8, 4) is 0 Å². The van der Waals surface area contributed by atoms with E-state index in [2.05, 4.69) is 10.4 Å². The van der Waals surface area contributed by atoms with Crippen LogP contribution in [-0.2, 0) is 7.05 Å². The maximum atomic E-state index is 12.2. The fourth-order valence-corrected chi connectivity index (χ4v) is 2.16. The highest BCUT2D eigenvalue weighted by Gasteiger charge is 2.14. The second kappa shape index (κ2) is 5.45. The van der Waals surface area contributed by atoms with Crippen LogP contribution < -0.4 is 5.32 Å². The summed E-state index contributed by atoms with van der Waals surface area (Å²) in [6.07, 6.45) is 0. The number of amides is 1. The van der Waals surface area contributed by atoms with Gasteiger partial charge < -0.3 is 5.32 Å². The van der Waals surface area contributed by atoms with Crippen molar-refractivity contribution in [1.29, 1.82) is 0 Å². The molecule has 1 amide bonds.